The van der Waals surface area contributed by atoms with Crippen molar-refractivity contribution in [2.75, 3.05) is 13.2 Å². The second kappa shape index (κ2) is 6.78. The monoisotopic (exact) mass is 296 g/mol. The van der Waals surface area contributed by atoms with Gasteiger partial charge >= 0.3 is 0 Å². The summed E-state index contributed by atoms with van der Waals surface area (Å²) in [5.74, 6) is 0. The van der Waals surface area contributed by atoms with Gasteiger partial charge < -0.3 is 18.8 Å². The molecule has 0 aliphatic carbocycles. The average molecular weight is 296 g/mol. The second-order valence-corrected chi connectivity index (χ2v) is 6.57. The molecule has 1 aliphatic rings. The summed E-state index contributed by atoms with van der Waals surface area (Å²) in [5, 5.41) is 0. The molecule has 2 atom stereocenters. The van der Waals surface area contributed by atoms with E-state index in [9.17, 15) is 18.9 Å². The lowest BCUT2D eigenvalue weighted by atomic mass is 10.1. The Bertz CT molecular complexity index is 417. The fourth-order valence-electron chi connectivity index (χ4n) is 1.20. The lowest BCUT2D eigenvalue weighted by Crippen LogP contribution is -2.14. The van der Waals surface area contributed by atoms with E-state index in [1.807, 2.05) is 0 Å². The Kier molecular flexibility index (Phi) is 5.95. The smallest absolute Gasteiger partial charge is 0.274 e. The fourth-order valence-corrected chi connectivity index (χ4v) is 3.14. The highest BCUT2D eigenvalue weighted by molar-refractivity contribution is 7.59. The predicted octanol–water partition coefficient (Wildman–Crippen LogP) is 1.27. The highest BCUT2D eigenvalue weighted by Crippen LogP contribution is 2.55. The van der Waals surface area contributed by atoms with Crippen LogP contribution in [0.2, 0.25) is 0 Å². The Morgan fingerprint density at radius 1 is 1.11 bits per heavy atom. The van der Waals surface area contributed by atoms with Gasteiger partial charge in [0, 0.05) is 0 Å². The maximum absolute atomic E-state index is 11.2. The number of rotatable bonds is 0. The summed E-state index contributed by atoms with van der Waals surface area (Å²) in [5.41, 5.74) is 0.810. The summed E-state index contributed by atoms with van der Waals surface area (Å²) in [4.78, 5) is 22.3. The molecule has 0 spiro atoms. The van der Waals surface area contributed by atoms with E-state index in [0.717, 1.165) is 5.57 Å². The summed E-state index contributed by atoms with van der Waals surface area (Å²) in [6, 6.07) is 0. The largest absolute Gasteiger partial charge is 0.756 e. The van der Waals surface area contributed by atoms with Gasteiger partial charge in [-0.05, 0) is 19.3 Å². The molecule has 0 amide bonds. The van der Waals surface area contributed by atoms with Gasteiger partial charge in [0.15, 0.2) is 0 Å². The van der Waals surface area contributed by atoms with E-state index in [1.165, 1.54) is 6.08 Å². The SMILES string of the molecule is C=C1CC/C=C\COP(=O)([O-])OP(=O)([O-])OCC1. The highest BCUT2D eigenvalue weighted by Gasteiger charge is 2.19. The lowest BCUT2D eigenvalue weighted by Gasteiger charge is -2.30. The molecule has 7 nitrogen and oxygen atoms in total. The topological polar surface area (TPSA) is 108 Å². The second-order valence-electron chi connectivity index (χ2n) is 3.62. The van der Waals surface area contributed by atoms with Crippen molar-refractivity contribution >= 4 is 15.6 Å². The lowest BCUT2D eigenvalue weighted by molar-refractivity contribution is -0.243. The zero-order valence-corrected chi connectivity index (χ0v) is 11.4. The molecule has 0 aromatic carbocycles. The van der Waals surface area contributed by atoms with E-state index in [4.69, 9.17) is 0 Å². The number of hydrogen-bond donors (Lipinski definition) is 0. The van der Waals surface area contributed by atoms with Crippen LogP contribution in [0.15, 0.2) is 24.3 Å². The standard InChI is InChI=1S/C9H16O7P2/c1-9-5-3-2-4-7-14-17(10,11)16-18(12,13)15-8-6-9/h2,4H,1,3,5-8H2,(H,10,11)(H,12,13)/p-2/b4-2-. The third-order valence-electron chi connectivity index (χ3n) is 2.07. The zero-order chi connectivity index (χ0) is 13.6. The summed E-state index contributed by atoms with van der Waals surface area (Å²) < 4.78 is 34.9. The van der Waals surface area contributed by atoms with E-state index in [-0.39, 0.29) is 13.2 Å². The maximum Gasteiger partial charge on any atom is 0.274 e. The minimum Gasteiger partial charge on any atom is -0.756 e. The van der Waals surface area contributed by atoms with Crippen LogP contribution in [-0.4, -0.2) is 13.2 Å². The van der Waals surface area contributed by atoms with Gasteiger partial charge in [-0.15, -0.1) is 0 Å². The van der Waals surface area contributed by atoms with Crippen molar-refractivity contribution in [3.05, 3.63) is 24.3 Å². The fraction of sp³-hybridized carbons (Fsp3) is 0.556. The first-order chi connectivity index (χ1) is 8.31. The molecule has 0 N–H and O–H groups in total. The Hall–Kier alpha value is -0.260. The Morgan fingerprint density at radius 3 is 2.50 bits per heavy atom. The number of hydrogen-bond acceptors (Lipinski definition) is 7. The summed E-state index contributed by atoms with van der Waals surface area (Å²) >= 11 is 0. The molecule has 0 saturated carbocycles. The molecule has 0 fully saturated rings. The predicted molar refractivity (Wildman–Crippen MR) is 60.3 cm³/mol. The van der Waals surface area contributed by atoms with Crippen LogP contribution in [0.25, 0.3) is 0 Å². The molecule has 1 aliphatic heterocycles. The normalized spacial score (nSPS) is 38.2. The molecule has 1 rings (SSSR count). The number of phosphoric acid groups is 2. The summed E-state index contributed by atoms with van der Waals surface area (Å²) in [6.07, 6.45) is 4.84. The van der Waals surface area contributed by atoms with E-state index < -0.39 is 15.6 Å². The van der Waals surface area contributed by atoms with Crippen LogP contribution in [0, 0.1) is 0 Å². The Morgan fingerprint density at radius 2 is 1.78 bits per heavy atom. The molecule has 1 heterocycles. The van der Waals surface area contributed by atoms with Crippen LogP contribution >= 0.6 is 15.6 Å². The van der Waals surface area contributed by atoms with Gasteiger partial charge in [0.1, 0.15) is 0 Å². The first-order valence-electron chi connectivity index (χ1n) is 5.25. The van der Waals surface area contributed by atoms with Crippen molar-refractivity contribution < 1.29 is 32.3 Å². The minimum atomic E-state index is -4.92. The van der Waals surface area contributed by atoms with Crippen LogP contribution in [0.4, 0.5) is 0 Å². The van der Waals surface area contributed by atoms with Gasteiger partial charge in [-0.3, -0.25) is 9.13 Å². The van der Waals surface area contributed by atoms with Crippen molar-refractivity contribution in [2.45, 2.75) is 19.3 Å². The van der Waals surface area contributed by atoms with Crippen LogP contribution in [-0.2, 0) is 22.5 Å². The molecule has 0 aromatic rings. The molecular formula is C9H14O7P2-2. The van der Waals surface area contributed by atoms with E-state index >= 15 is 0 Å². The summed E-state index contributed by atoms with van der Waals surface area (Å²) in [6.45, 7) is 3.26. The Labute approximate surface area is 105 Å². The third-order valence-corrected chi connectivity index (χ3v) is 4.63. The van der Waals surface area contributed by atoms with E-state index in [2.05, 4.69) is 19.9 Å². The van der Waals surface area contributed by atoms with E-state index in [1.54, 1.807) is 6.08 Å². The quantitative estimate of drug-likeness (QED) is 0.489. The van der Waals surface area contributed by atoms with Gasteiger partial charge in [0.2, 0.25) is 0 Å². The molecule has 18 heavy (non-hydrogen) atoms. The first kappa shape index (κ1) is 15.8. The summed E-state index contributed by atoms with van der Waals surface area (Å²) in [7, 11) is -9.83. The van der Waals surface area contributed by atoms with Crippen molar-refractivity contribution in [1.29, 1.82) is 0 Å². The third kappa shape index (κ3) is 6.61. The van der Waals surface area contributed by atoms with Crippen molar-refractivity contribution in [3.8, 4) is 0 Å². The molecule has 0 saturated heterocycles. The number of phosphoric ester groups is 2. The van der Waals surface area contributed by atoms with Crippen molar-refractivity contribution in [3.63, 3.8) is 0 Å². The Balaban J connectivity index is 2.71. The van der Waals surface area contributed by atoms with Crippen molar-refractivity contribution in [1.82, 2.24) is 0 Å². The van der Waals surface area contributed by atoms with E-state index in [0.29, 0.717) is 19.3 Å². The van der Waals surface area contributed by atoms with Gasteiger partial charge in [-0.1, -0.05) is 24.3 Å². The van der Waals surface area contributed by atoms with Crippen LogP contribution in [0.5, 0.6) is 0 Å². The van der Waals surface area contributed by atoms with Gasteiger partial charge in [0.25, 0.3) is 15.6 Å². The van der Waals surface area contributed by atoms with Gasteiger partial charge in [-0.25, -0.2) is 4.31 Å². The minimum absolute atomic E-state index is 0.205. The highest BCUT2D eigenvalue weighted by atomic mass is 31.3. The van der Waals surface area contributed by atoms with Crippen LogP contribution in [0.1, 0.15) is 19.3 Å². The van der Waals surface area contributed by atoms with Gasteiger partial charge in [0.05, 0.1) is 13.2 Å². The maximum atomic E-state index is 11.2. The molecule has 104 valence electrons. The zero-order valence-electron chi connectivity index (χ0n) is 9.65. The molecule has 0 radical (unpaired) electrons. The molecular weight excluding hydrogens is 282 g/mol. The molecule has 0 bridgehead atoms. The molecule has 2 unspecified atom stereocenters. The molecule has 9 heteroatoms. The van der Waals surface area contributed by atoms with Crippen molar-refractivity contribution in [2.24, 2.45) is 0 Å². The average Bonchev–Trinajstić information content (AvgIpc) is 2.20. The van der Waals surface area contributed by atoms with Crippen LogP contribution in [0.3, 0.4) is 0 Å². The number of allylic oxidation sites excluding steroid dienone is 1. The molecule has 0 aromatic heterocycles. The van der Waals surface area contributed by atoms with Crippen LogP contribution < -0.4 is 9.79 Å². The first-order valence-corrected chi connectivity index (χ1v) is 8.17. The van der Waals surface area contributed by atoms with Gasteiger partial charge in [-0.2, -0.15) is 0 Å².